The van der Waals surface area contributed by atoms with E-state index < -0.39 is 0 Å². The second kappa shape index (κ2) is 5.57. The fraction of sp³-hybridized carbons (Fsp3) is 0.125. The molecule has 4 nitrogen and oxygen atoms in total. The molecule has 0 saturated carbocycles. The summed E-state index contributed by atoms with van der Waals surface area (Å²) in [6.45, 7) is 0.623. The van der Waals surface area contributed by atoms with Crippen LogP contribution >= 0.6 is 0 Å². The lowest BCUT2D eigenvalue weighted by Gasteiger charge is -2.10. The summed E-state index contributed by atoms with van der Waals surface area (Å²) in [4.78, 5) is 8.59. The third-order valence-electron chi connectivity index (χ3n) is 3.16. The average molecular weight is 265 g/mol. The van der Waals surface area contributed by atoms with Crippen LogP contribution in [0.3, 0.4) is 0 Å². The minimum atomic E-state index is 0.623. The average Bonchev–Trinajstić information content (AvgIpc) is 2.53. The van der Waals surface area contributed by atoms with Crippen LogP contribution in [0.5, 0.6) is 5.88 Å². The van der Waals surface area contributed by atoms with E-state index in [0.717, 1.165) is 16.8 Å². The SMILES string of the molecule is COc1ncccc1CNc1nccc2ccccc12. The Balaban J connectivity index is 1.87. The van der Waals surface area contributed by atoms with Crippen molar-refractivity contribution >= 4 is 16.6 Å². The zero-order valence-electron chi connectivity index (χ0n) is 11.2. The second-order valence-corrected chi connectivity index (χ2v) is 4.41. The monoisotopic (exact) mass is 265 g/mol. The van der Waals surface area contributed by atoms with E-state index in [2.05, 4.69) is 27.4 Å². The molecule has 0 saturated heterocycles. The van der Waals surface area contributed by atoms with E-state index in [1.807, 2.05) is 36.5 Å². The molecule has 3 rings (SSSR count). The molecule has 0 atom stereocenters. The number of pyridine rings is 2. The molecule has 0 aliphatic carbocycles. The highest BCUT2D eigenvalue weighted by Crippen LogP contribution is 2.22. The molecule has 1 N–H and O–H groups in total. The summed E-state index contributed by atoms with van der Waals surface area (Å²) in [5, 5.41) is 5.63. The molecule has 0 aliphatic heterocycles. The highest BCUT2D eigenvalue weighted by atomic mass is 16.5. The van der Waals surface area contributed by atoms with Gasteiger partial charge in [-0.05, 0) is 17.5 Å². The smallest absolute Gasteiger partial charge is 0.218 e. The van der Waals surface area contributed by atoms with Crippen LogP contribution in [-0.2, 0) is 6.54 Å². The molecule has 0 unspecified atom stereocenters. The molecule has 0 bridgehead atoms. The van der Waals surface area contributed by atoms with Gasteiger partial charge in [0.1, 0.15) is 5.82 Å². The number of methoxy groups -OCH3 is 1. The zero-order chi connectivity index (χ0) is 13.8. The molecule has 3 aromatic rings. The Morgan fingerprint density at radius 3 is 2.80 bits per heavy atom. The van der Waals surface area contributed by atoms with E-state index in [0.29, 0.717) is 12.4 Å². The van der Waals surface area contributed by atoms with Crippen molar-refractivity contribution in [1.29, 1.82) is 0 Å². The maximum absolute atomic E-state index is 5.25. The van der Waals surface area contributed by atoms with Crippen molar-refractivity contribution in [3.8, 4) is 5.88 Å². The first kappa shape index (κ1) is 12.4. The van der Waals surface area contributed by atoms with Gasteiger partial charge in [-0.2, -0.15) is 0 Å². The van der Waals surface area contributed by atoms with E-state index in [9.17, 15) is 0 Å². The van der Waals surface area contributed by atoms with Gasteiger partial charge in [-0.3, -0.25) is 0 Å². The number of fused-ring (bicyclic) bond motifs is 1. The third kappa shape index (κ3) is 2.40. The van der Waals surface area contributed by atoms with Crippen molar-refractivity contribution in [3.63, 3.8) is 0 Å². The Bertz CT molecular complexity index is 722. The molecule has 20 heavy (non-hydrogen) atoms. The number of nitrogens with zero attached hydrogens (tertiary/aromatic N) is 2. The van der Waals surface area contributed by atoms with Crippen LogP contribution in [0.2, 0.25) is 0 Å². The Kier molecular flexibility index (Phi) is 3.46. The summed E-state index contributed by atoms with van der Waals surface area (Å²) < 4.78 is 5.25. The maximum Gasteiger partial charge on any atom is 0.218 e. The molecule has 2 heterocycles. The minimum absolute atomic E-state index is 0.623. The summed E-state index contributed by atoms with van der Waals surface area (Å²) in [5.74, 6) is 1.51. The first-order chi connectivity index (χ1) is 9.88. The van der Waals surface area contributed by atoms with Gasteiger partial charge >= 0.3 is 0 Å². The van der Waals surface area contributed by atoms with Crippen LogP contribution < -0.4 is 10.1 Å². The molecule has 0 radical (unpaired) electrons. The van der Waals surface area contributed by atoms with Crippen LogP contribution in [0.25, 0.3) is 10.8 Å². The van der Waals surface area contributed by atoms with Crippen LogP contribution in [0.15, 0.2) is 54.9 Å². The van der Waals surface area contributed by atoms with Gasteiger partial charge < -0.3 is 10.1 Å². The largest absolute Gasteiger partial charge is 0.481 e. The molecule has 4 heteroatoms. The summed E-state index contributed by atoms with van der Waals surface area (Å²) in [6.07, 6.45) is 3.53. The number of benzene rings is 1. The number of rotatable bonds is 4. The lowest BCUT2D eigenvalue weighted by molar-refractivity contribution is 0.393. The van der Waals surface area contributed by atoms with Gasteiger partial charge in [0.25, 0.3) is 0 Å². The van der Waals surface area contributed by atoms with Gasteiger partial charge in [0.2, 0.25) is 5.88 Å². The van der Waals surface area contributed by atoms with Crippen molar-refractivity contribution in [2.24, 2.45) is 0 Å². The molecular weight excluding hydrogens is 250 g/mol. The van der Waals surface area contributed by atoms with Crippen molar-refractivity contribution in [2.75, 3.05) is 12.4 Å². The van der Waals surface area contributed by atoms with Crippen molar-refractivity contribution in [2.45, 2.75) is 6.54 Å². The normalized spacial score (nSPS) is 10.4. The van der Waals surface area contributed by atoms with E-state index in [1.165, 1.54) is 5.39 Å². The predicted molar refractivity (Wildman–Crippen MR) is 79.9 cm³/mol. The number of aromatic nitrogens is 2. The van der Waals surface area contributed by atoms with Crippen LogP contribution in [0.4, 0.5) is 5.82 Å². The standard InChI is InChI=1S/C16H15N3O/c1-20-16-13(6-4-9-18-16)11-19-15-14-7-3-2-5-12(14)8-10-17-15/h2-10H,11H2,1H3,(H,17,19). The number of hydrogen-bond donors (Lipinski definition) is 1. The molecule has 100 valence electrons. The summed E-state index contributed by atoms with van der Waals surface area (Å²) in [7, 11) is 1.63. The predicted octanol–water partition coefficient (Wildman–Crippen LogP) is 3.25. The van der Waals surface area contributed by atoms with Crippen molar-refractivity contribution < 1.29 is 4.74 Å². The number of nitrogens with one attached hydrogen (secondary N) is 1. The fourth-order valence-electron chi connectivity index (χ4n) is 2.18. The summed E-state index contributed by atoms with van der Waals surface area (Å²) in [5.41, 5.74) is 1.00. The van der Waals surface area contributed by atoms with E-state index in [-0.39, 0.29) is 0 Å². The molecule has 2 aromatic heterocycles. The van der Waals surface area contributed by atoms with E-state index in [4.69, 9.17) is 4.74 Å². The van der Waals surface area contributed by atoms with Crippen LogP contribution in [-0.4, -0.2) is 17.1 Å². The second-order valence-electron chi connectivity index (χ2n) is 4.41. The highest BCUT2D eigenvalue weighted by Gasteiger charge is 2.05. The lowest BCUT2D eigenvalue weighted by Crippen LogP contribution is -2.04. The highest BCUT2D eigenvalue weighted by molar-refractivity contribution is 5.91. The van der Waals surface area contributed by atoms with Crippen LogP contribution in [0.1, 0.15) is 5.56 Å². The first-order valence-electron chi connectivity index (χ1n) is 6.44. The third-order valence-corrected chi connectivity index (χ3v) is 3.16. The Labute approximate surface area is 117 Å². The number of ether oxygens (including phenoxy) is 1. The zero-order valence-corrected chi connectivity index (χ0v) is 11.2. The van der Waals surface area contributed by atoms with E-state index in [1.54, 1.807) is 13.3 Å². The molecular formula is C16H15N3O. The Morgan fingerprint density at radius 2 is 1.90 bits per heavy atom. The Morgan fingerprint density at radius 1 is 1.00 bits per heavy atom. The number of hydrogen-bond acceptors (Lipinski definition) is 4. The van der Waals surface area contributed by atoms with Gasteiger partial charge in [0.05, 0.1) is 7.11 Å². The molecule has 0 aliphatic rings. The van der Waals surface area contributed by atoms with Crippen molar-refractivity contribution in [3.05, 3.63) is 60.4 Å². The molecule has 0 fully saturated rings. The van der Waals surface area contributed by atoms with Crippen molar-refractivity contribution in [1.82, 2.24) is 9.97 Å². The van der Waals surface area contributed by atoms with Crippen LogP contribution in [0, 0.1) is 0 Å². The fourth-order valence-corrected chi connectivity index (χ4v) is 2.18. The first-order valence-corrected chi connectivity index (χ1v) is 6.44. The summed E-state index contributed by atoms with van der Waals surface area (Å²) >= 11 is 0. The molecule has 0 amide bonds. The molecule has 0 spiro atoms. The maximum atomic E-state index is 5.25. The minimum Gasteiger partial charge on any atom is -0.481 e. The van der Waals surface area contributed by atoms with Gasteiger partial charge in [-0.25, -0.2) is 9.97 Å². The molecule has 1 aromatic carbocycles. The number of anilines is 1. The van der Waals surface area contributed by atoms with Gasteiger partial charge in [0, 0.05) is 29.9 Å². The Hall–Kier alpha value is -2.62. The van der Waals surface area contributed by atoms with Gasteiger partial charge in [0.15, 0.2) is 0 Å². The topological polar surface area (TPSA) is 47.0 Å². The van der Waals surface area contributed by atoms with Gasteiger partial charge in [-0.15, -0.1) is 0 Å². The van der Waals surface area contributed by atoms with E-state index >= 15 is 0 Å². The lowest BCUT2D eigenvalue weighted by atomic mass is 10.1. The summed E-state index contributed by atoms with van der Waals surface area (Å²) in [6, 6.07) is 14.1. The van der Waals surface area contributed by atoms with Gasteiger partial charge in [-0.1, -0.05) is 30.3 Å². The quantitative estimate of drug-likeness (QED) is 0.786.